The molecule has 2 aromatic heterocycles. The van der Waals surface area contributed by atoms with E-state index in [4.69, 9.17) is 4.42 Å². The number of imidazole rings is 1. The van der Waals surface area contributed by atoms with Gasteiger partial charge in [0, 0.05) is 12.1 Å². The van der Waals surface area contributed by atoms with Crippen LogP contribution in [0.4, 0.5) is 0 Å². The second-order valence-electron chi connectivity index (χ2n) is 3.89. The number of rotatable bonds is 1. The van der Waals surface area contributed by atoms with Gasteiger partial charge in [0.25, 0.3) is 0 Å². The lowest BCUT2D eigenvalue weighted by atomic mass is 10.2. The predicted molar refractivity (Wildman–Crippen MR) is 50.5 cm³/mol. The van der Waals surface area contributed by atoms with Gasteiger partial charge in [-0.25, -0.2) is 4.98 Å². The Balaban J connectivity index is 2.15. The molecule has 3 rings (SSSR count). The zero-order chi connectivity index (χ0) is 9.71. The molecule has 0 fully saturated rings. The summed E-state index contributed by atoms with van der Waals surface area (Å²) in [6, 6.07) is 0. The topological polar surface area (TPSA) is 43.9 Å². The highest BCUT2D eigenvalue weighted by Gasteiger charge is 2.25. The van der Waals surface area contributed by atoms with Crippen LogP contribution in [0.2, 0.25) is 0 Å². The van der Waals surface area contributed by atoms with Crippen LogP contribution in [0.3, 0.4) is 0 Å². The molecule has 4 heteroatoms. The van der Waals surface area contributed by atoms with Crippen molar-refractivity contribution in [2.75, 3.05) is 0 Å². The first-order chi connectivity index (χ1) is 6.75. The Kier molecular flexibility index (Phi) is 1.37. The SMILES string of the molecule is CC(C)c1nc2c(o1)Cc1cncn1-2. The second kappa shape index (κ2) is 2.47. The van der Waals surface area contributed by atoms with Gasteiger partial charge >= 0.3 is 0 Å². The molecule has 72 valence electrons. The third-order valence-electron chi connectivity index (χ3n) is 2.47. The van der Waals surface area contributed by atoms with Crippen LogP contribution in [-0.4, -0.2) is 14.5 Å². The molecule has 14 heavy (non-hydrogen) atoms. The average Bonchev–Trinajstić information content (AvgIpc) is 2.70. The largest absolute Gasteiger partial charge is 0.443 e. The fraction of sp³-hybridized carbons (Fsp3) is 0.400. The van der Waals surface area contributed by atoms with Crippen LogP contribution in [-0.2, 0) is 6.42 Å². The standard InChI is InChI=1S/C10H11N3O/c1-6(2)10-12-9-8(14-10)3-7-4-11-5-13(7)9/h4-6H,3H2,1-2H3. The minimum atomic E-state index is 0.340. The summed E-state index contributed by atoms with van der Waals surface area (Å²) in [6.07, 6.45) is 4.45. The maximum absolute atomic E-state index is 5.67. The first-order valence-corrected chi connectivity index (χ1v) is 4.77. The maximum atomic E-state index is 5.67. The third-order valence-corrected chi connectivity index (χ3v) is 2.47. The van der Waals surface area contributed by atoms with Gasteiger partial charge in [-0.2, -0.15) is 4.98 Å². The van der Waals surface area contributed by atoms with E-state index in [1.165, 1.54) is 0 Å². The van der Waals surface area contributed by atoms with Crippen LogP contribution < -0.4 is 0 Å². The zero-order valence-corrected chi connectivity index (χ0v) is 8.19. The fourth-order valence-electron chi connectivity index (χ4n) is 1.72. The number of oxazole rings is 1. The first kappa shape index (κ1) is 7.79. The van der Waals surface area contributed by atoms with Gasteiger partial charge in [0.1, 0.15) is 6.33 Å². The molecule has 0 atom stereocenters. The van der Waals surface area contributed by atoms with Crippen molar-refractivity contribution in [1.29, 1.82) is 0 Å². The number of aromatic nitrogens is 3. The van der Waals surface area contributed by atoms with Crippen molar-refractivity contribution in [3.05, 3.63) is 29.9 Å². The Hall–Kier alpha value is -1.58. The van der Waals surface area contributed by atoms with Gasteiger partial charge in [-0.15, -0.1) is 0 Å². The Labute approximate surface area is 81.6 Å². The molecule has 4 nitrogen and oxygen atoms in total. The zero-order valence-electron chi connectivity index (χ0n) is 8.19. The van der Waals surface area contributed by atoms with Crippen LogP contribution in [0, 0.1) is 0 Å². The second-order valence-corrected chi connectivity index (χ2v) is 3.89. The molecule has 0 saturated heterocycles. The normalized spacial score (nSPS) is 13.4. The minimum Gasteiger partial charge on any atom is -0.443 e. The lowest BCUT2D eigenvalue weighted by Gasteiger charge is -1.97. The van der Waals surface area contributed by atoms with Crippen LogP contribution in [0.15, 0.2) is 16.9 Å². The van der Waals surface area contributed by atoms with Gasteiger partial charge < -0.3 is 4.42 Å². The molecule has 0 amide bonds. The van der Waals surface area contributed by atoms with Crippen molar-refractivity contribution in [2.24, 2.45) is 0 Å². The number of hydrogen-bond acceptors (Lipinski definition) is 3. The molecule has 0 aliphatic carbocycles. The molecule has 0 aromatic carbocycles. The van der Waals surface area contributed by atoms with Crippen molar-refractivity contribution in [2.45, 2.75) is 26.2 Å². The van der Waals surface area contributed by atoms with Crippen LogP contribution in [0.1, 0.15) is 37.1 Å². The molecular formula is C10H11N3O. The van der Waals surface area contributed by atoms with Gasteiger partial charge in [-0.1, -0.05) is 13.8 Å². The summed E-state index contributed by atoms with van der Waals surface area (Å²) in [4.78, 5) is 8.54. The summed E-state index contributed by atoms with van der Waals surface area (Å²) in [5.74, 6) is 3.04. The summed E-state index contributed by atoms with van der Waals surface area (Å²) < 4.78 is 7.66. The summed E-state index contributed by atoms with van der Waals surface area (Å²) in [7, 11) is 0. The predicted octanol–water partition coefficient (Wildman–Crippen LogP) is 1.89. The molecule has 1 aliphatic rings. The van der Waals surface area contributed by atoms with E-state index < -0.39 is 0 Å². The van der Waals surface area contributed by atoms with Gasteiger partial charge in [-0.05, 0) is 0 Å². The molecule has 0 saturated carbocycles. The molecular weight excluding hydrogens is 178 g/mol. The number of hydrogen-bond donors (Lipinski definition) is 0. The van der Waals surface area contributed by atoms with E-state index in [0.717, 1.165) is 29.6 Å². The van der Waals surface area contributed by atoms with Crippen molar-refractivity contribution in [3.8, 4) is 5.82 Å². The highest BCUT2D eigenvalue weighted by atomic mass is 16.4. The lowest BCUT2D eigenvalue weighted by molar-refractivity contribution is 0.443. The number of fused-ring (bicyclic) bond motifs is 3. The van der Waals surface area contributed by atoms with E-state index in [2.05, 4.69) is 23.8 Å². The van der Waals surface area contributed by atoms with E-state index in [-0.39, 0.29) is 0 Å². The molecule has 0 radical (unpaired) electrons. The summed E-state index contributed by atoms with van der Waals surface area (Å²) in [6.45, 7) is 4.16. The minimum absolute atomic E-state index is 0.340. The molecule has 0 N–H and O–H groups in total. The van der Waals surface area contributed by atoms with Gasteiger partial charge in [0.05, 0.1) is 12.1 Å². The van der Waals surface area contributed by atoms with Crippen LogP contribution in [0.25, 0.3) is 5.82 Å². The quantitative estimate of drug-likeness (QED) is 0.587. The smallest absolute Gasteiger partial charge is 0.199 e. The monoisotopic (exact) mass is 189 g/mol. The van der Waals surface area contributed by atoms with Gasteiger partial charge in [0.15, 0.2) is 17.5 Å². The molecule has 3 heterocycles. The molecule has 1 aliphatic heterocycles. The highest BCUT2D eigenvalue weighted by Crippen LogP contribution is 2.29. The lowest BCUT2D eigenvalue weighted by Crippen LogP contribution is -1.93. The molecule has 2 aromatic rings. The van der Waals surface area contributed by atoms with E-state index in [1.54, 1.807) is 6.33 Å². The molecule has 0 spiro atoms. The maximum Gasteiger partial charge on any atom is 0.199 e. The molecule has 0 unspecified atom stereocenters. The van der Waals surface area contributed by atoms with E-state index in [9.17, 15) is 0 Å². The van der Waals surface area contributed by atoms with Gasteiger partial charge in [0.2, 0.25) is 0 Å². The van der Waals surface area contributed by atoms with Crippen molar-refractivity contribution < 1.29 is 4.42 Å². The summed E-state index contributed by atoms with van der Waals surface area (Å²) in [5, 5.41) is 0. The van der Waals surface area contributed by atoms with E-state index >= 15 is 0 Å². The van der Waals surface area contributed by atoms with E-state index in [1.807, 2.05) is 10.8 Å². The van der Waals surface area contributed by atoms with Gasteiger partial charge in [-0.3, -0.25) is 4.57 Å². The Morgan fingerprint density at radius 3 is 3.14 bits per heavy atom. The van der Waals surface area contributed by atoms with Crippen LogP contribution in [0.5, 0.6) is 0 Å². The van der Waals surface area contributed by atoms with Crippen molar-refractivity contribution in [1.82, 2.24) is 14.5 Å². The molecule has 0 bridgehead atoms. The Bertz CT molecular complexity index is 481. The van der Waals surface area contributed by atoms with Crippen molar-refractivity contribution >= 4 is 0 Å². The summed E-state index contributed by atoms with van der Waals surface area (Å²) in [5.41, 5.74) is 1.15. The van der Waals surface area contributed by atoms with Crippen LogP contribution >= 0.6 is 0 Å². The number of nitrogens with zero attached hydrogens (tertiary/aromatic N) is 3. The fourth-order valence-corrected chi connectivity index (χ4v) is 1.72. The Morgan fingerprint density at radius 1 is 1.50 bits per heavy atom. The van der Waals surface area contributed by atoms with E-state index in [0.29, 0.717) is 5.92 Å². The third kappa shape index (κ3) is 0.880. The average molecular weight is 189 g/mol. The highest BCUT2D eigenvalue weighted by molar-refractivity contribution is 5.39. The Morgan fingerprint density at radius 2 is 2.36 bits per heavy atom. The van der Waals surface area contributed by atoms with Crippen molar-refractivity contribution in [3.63, 3.8) is 0 Å². The summed E-state index contributed by atoms with van der Waals surface area (Å²) >= 11 is 0. The first-order valence-electron chi connectivity index (χ1n) is 4.77.